The van der Waals surface area contributed by atoms with E-state index in [9.17, 15) is 0 Å². The molecular weight excluding hydrogens is 264 g/mol. The summed E-state index contributed by atoms with van der Waals surface area (Å²) in [4.78, 5) is 2.67. The van der Waals surface area contributed by atoms with Crippen molar-refractivity contribution < 1.29 is 0 Å². The van der Waals surface area contributed by atoms with Gasteiger partial charge in [0.2, 0.25) is 0 Å². The monoisotopic (exact) mass is 284 g/mol. The Kier molecular flexibility index (Phi) is 4.40. The fraction of sp³-hybridized carbons (Fsp3) is 0.235. The summed E-state index contributed by atoms with van der Waals surface area (Å²) in [5.74, 6) is 0. The maximum absolute atomic E-state index is 5.62. The van der Waals surface area contributed by atoms with Crippen LogP contribution in [0, 0.1) is 13.8 Å². The van der Waals surface area contributed by atoms with Crippen molar-refractivity contribution in [3.05, 3.63) is 64.7 Å². The Morgan fingerprint density at radius 1 is 1.05 bits per heavy atom. The Morgan fingerprint density at radius 2 is 1.60 bits per heavy atom. The molecule has 0 aromatic heterocycles. The zero-order valence-electron chi connectivity index (χ0n) is 12.2. The predicted octanol–water partition coefficient (Wildman–Crippen LogP) is 3.57. The quantitative estimate of drug-likeness (QED) is 0.870. The number of thiocarbonyl (C=S) groups is 1. The molecule has 0 unspecified atom stereocenters. The van der Waals surface area contributed by atoms with Gasteiger partial charge in [0, 0.05) is 24.8 Å². The lowest BCUT2D eigenvalue weighted by molar-refractivity contribution is 0.905. The van der Waals surface area contributed by atoms with Gasteiger partial charge < -0.3 is 10.6 Å². The van der Waals surface area contributed by atoms with E-state index in [1.165, 1.54) is 16.7 Å². The Labute approximate surface area is 126 Å². The minimum Gasteiger partial charge on any atom is -0.389 e. The molecule has 20 heavy (non-hydrogen) atoms. The minimum atomic E-state index is 0.439. The van der Waals surface area contributed by atoms with Crippen LogP contribution in [-0.4, -0.2) is 12.0 Å². The van der Waals surface area contributed by atoms with Crippen LogP contribution in [0.4, 0.5) is 5.69 Å². The summed E-state index contributed by atoms with van der Waals surface area (Å²) < 4.78 is 0. The lowest BCUT2D eigenvalue weighted by Crippen LogP contribution is -2.18. The molecule has 3 heteroatoms. The van der Waals surface area contributed by atoms with Gasteiger partial charge >= 0.3 is 0 Å². The van der Waals surface area contributed by atoms with Gasteiger partial charge in [0.1, 0.15) is 4.99 Å². The second-order valence-electron chi connectivity index (χ2n) is 5.14. The molecule has 2 aromatic rings. The molecule has 2 nitrogen and oxygen atoms in total. The summed E-state index contributed by atoms with van der Waals surface area (Å²) in [6.45, 7) is 5.21. The molecule has 0 heterocycles. The molecular formula is C17H20N2S. The van der Waals surface area contributed by atoms with Crippen molar-refractivity contribution in [3.8, 4) is 0 Å². The van der Waals surface area contributed by atoms with E-state index in [0.29, 0.717) is 4.99 Å². The van der Waals surface area contributed by atoms with Crippen LogP contribution in [0.25, 0.3) is 0 Å². The van der Waals surface area contributed by atoms with E-state index < -0.39 is 0 Å². The smallest absolute Gasteiger partial charge is 0.103 e. The van der Waals surface area contributed by atoms with Crippen LogP contribution in [0.5, 0.6) is 0 Å². The highest BCUT2D eigenvalue weighted by molar-refractivity contribution is 7.80. The summed E-state index contributed by atoms with van der Waals surface area (Å²) >= 11 is 4.97. The van der Waals surface area contributed by atoms with Gasteiger partial charge in [-0.2, -0.15) is 0 Å². The molecule has 0 bridgehead atoms. The minimum absolute atomic E-state index is 0.439. The summed E-state index contributed by atoms with van der Waals surface area (Å²) in [5.41, 5.74) is 11.7. The van der Waals surface area contributed by atoms with Crippen LogP contribution in [0.15, 0.2) is 42.5 Å². The molecule has 2 N–H and O–H groups in total. The molecule has 0 aliphatic carbocycles. The molecule has 0 saturated carbocycles. The first-order valence-corrected chi connectivity index (χ1v) is 7.06. The maximum Gasteiger partial charge on any atom is 0.103 e. The normalized spacial score (nSPS) is 10.3. The van der Waals surface area contributed by atoms with Gasteiger partial charge in [0.25, 0.3) is 0 Å². The van der Waals surface area contributed by atoms with Crippen molar-refractivity contribution in [2.75, 3.05) is 11.9 Å². The molecule has 0 aliphatic rings. The SMILES string of the molecule is Cc1cccc(C)c1CN(C)c1ccc(C(N)=S)cc1. The second kappa shape index (κ2) is 6.06. The number of rotatable bonds is 4. The number of nitrogens with two attached hydrogens (primary N) is 1. The van der Waals surface area contributed by atoms with Gasteiger partial charge in [-0.05, 0) is 54.8 Å². The van der Waals surface area contributed by atoms with E-state index >= 15 is 0 Å². The van der Waals surface area contributed by atoms with Gasteiger partial charge in [0.05, 0.1) is 0 Å². The molecule has 0 amide bonds. The third kappa shape index (κ3) is 3.17. The van der Waals surface area contributed by atoms with E-state index in [1.807, 2.05) is 12.1 Å². The molecule has 0 saturated heterocycles. The molecule has 0 aliphatic heterocycles. The first kappa shape index (κ1) is 14.5. The zero-order valence-corrected chi connectivity index (χ0v) is 13.0. The number of nitrogens with zero attached hydrogens (tertiary/aromatic N) is 1. The standard InChI is InChI=1S/C17H20N2S/c1-12-5-4-6-13(2)16(12)11-19(3)15-9-7-14(8-10-15)17(18)20/h4-10H,11H2,1-3H3,(H2,18,20). The Balaban J connectivity index is 2.19. The summed E-state index contributed by atoms with van der Waals surface area (Å²) in [7, 11) is 2.10. The number of hydrogen-bond acceptors (Lipinski definition) is 2. The number of anilines is 1. The Morgan fingerprint density at radius 3 is 2.10 bits per heavy atom. The zero-order chi connectivity index (χ0) is 14.7. The average molecular weight is 284 g/mol. The van der Waals surface area contributed by atoms with Gasteiger partial charge in [-0.25, -0.2) is 0 Å². The predicted molar refractivity (Wildman–Crippen MR) is 90.4 cm³/mol. The van der Waals surface area contributed by atoms with Crippen molar-refractivity contribution in [2.24, 2.45) is 5.73 Å². The highest BCUT2D eigenvalue weighted by Crippen LogP contribution is 2.20. The van der Waals surface area contributed by atoms with Crippen LogP contribution < -0.4 is 10.6 Å². The molecule has 0 radical (unpaired) electrons. The van der Waals surface area contributed by atoms with Crippen molar-refractivity contribution in [1.82, 2.24) is 0 Å². The third-order valence-corrected chi connectivity index (χ3v) is 3.87. The van der Waals surface area contributed by atoms with Crippen molar-refractivity contribution in [3.63, 3.8) is 0 Å². The van der Waals surface area contributed by atoms with Crippen molar-refractivity contribution in [2.45, 2.75) is 20.4 Å². The van der Waals surface area contributed by atoms with Crippen LogP contribution in [-0.2, 0) is 6.54 Å². The number of aryl methyl sites for hydroxylation is 2. The first-order chi connectivity index (χ1) is 9.49. The molecule has 2 rings (SSSR count). The van der Waals surface area contributed by atoms with E-state index in [0.717, 1.165) is 17.8 Å². The third-order valence-electron chi connectivity index (χ3n) is 3.63. The lowest BCUT2D eigenvalue weighted by atomic mass is 10.0. The Hall–Kier alpha value is -1.87. The van der Waals surface area contributed by atoms with Gasteiger partial charge in [0.15, 0.2) is 0 Å². The summed E-state index contributed by atoms with van der Waals surface area (Å²) in [6, 6.07) is 14.5. The topological polar surface area (TPSA) is 29.3 Å². The summed E-state index contributed by atoms with van der Waals surface area (Å²) in [6.07, 6.45) is 0. The fourth-order valence-corrected chi connectivity index (χ4v) is 2.44. The van der Waals surface area contributed by atoms with E-state index in [-0.39, 0.29) is 0 Å². The largest absolute Gasteiger partial charge is 0.389 e. The van der Waals surface area contributed by atoms with E-state index in [4.69, 9.17) is 18.0 Å². The van der Waals surface area contributed by atoms with Crippen molar-refractivity contribution >= 4 is 22.9 Å². The van der Waals surface area contributed by atoms with E-state index in [2.05, 4.69) is 56.1 Å². The highest BCUT2D eigenvalue weighted by Gasteiger charge is 2.07. The number of benzene rings is 2. The average Bonchev–Trinajstić information content (AvgIpc) is 2.43. The second-order valence-corrected chi connectivity index (χ2v) is 5.58. The molecule has 104 valence electrons. The molecule has 0 fully saturated rings. The molecule has 2 aromatic carbocycles. The number of hydrogen-bond donors (Lipinski definition) is 1. The lowest BCUT2D eigenvalue weighted by Gasteiger charge is -2.22. The van der Waals surface area contributed by atoms with Gasteiger partial charge in [-0.3, -0.25) is 0 Å². The molecule has 0 spiro atoms. The van der Waals surface area contributed by atoms with Gasteiger partial charge in [-0.15, -0.1) is 0 Å². The Bertz CT molecular complexity index is 597. The van der Waals surface area contributed by atoms with Crippen LogP contribution >= 0.6 is 12.2 Å². The van der Waals surface area contributed by atoms with Crippen LogP contribution in [0.3, 0.4) is 0 Å². The highest BCUT2D eigenvalue weighted by atomic mass is 32.1. The maximum atomic E-state index is 5.62. The van der Waals surface area contributed by atoms with Gasteiger partial charge in [-0.1, -0.05) is 30.4 Å². The summed E-state index contributed by atoms with van der Waals surface area (Å²) in [5, 5.41) is 0. The first-order valence-electron chi connectivity index (χ1n) is 6.65. The molecule has 0 atom stereocenters. The fourth-order valence-electron chi connectivity index (χ4n) is 2.31. The van der Waals surface area contributed by atoms with Crippen molar-refractivity contribution in [1.29, 1.82) is 0 Å². The van der Waals surface area contributed by atoms with E-state index in [1.54, 1.807) is 0 Å². The van der Waals surface area contributed by atoms with Crippen LogP contribution in [0.2, 0.25) is 0 Å². The van der Waals surface area contributed by atoms with Crippen LogP contribution in [0.1, 0.15) is 22.3 Å².